The van der Waals surface area contributed by atoms with Gasteiger partial charge in [0.05, 0.1) is 5.56 Å². The third kappa shape index (κ3) is 6.82. The third-order valence-corrected chi connectivity index (χ3v) is 5.61. The van der Waals surface area contributed by atoms with E-state index in [4.69, 9.17) is 4.74 Å². The van der Waals surface area contributed by atoms with Gasteiger partial charge < -0.3 is 15.4 Å². The predicted molar refractivity (Wildman–Crippen MR) is 136 cm³/mol. The molecule has 6 heteroatoms. The second-order valence-corrected chi connectivity index (χ2v) is 9.72. The minimum atomic E-state index is -0.291. The van der Waals surface area contributed by atoms with Gasteiger partial charge in [-0.15, -0.1) is 0 Å². The molecule has 0 spiro atoms. The predicted octanol–water partition coefficient (Wildman–Crippen LogP) is 5.54. The monoisotopic (exact) mass is 542 g/mol. The normalized spacial score (nSPS) is 11.0. The number of nitrogens with one attached hydrogen (secondary N) is 2. The molecule has 0 radical (unpaired) electrons. The number of amides is 2. The molecule has 3 aromatic carbocycles. The summed E-state index contributed by atoms with van der Waals surface area (Å²) < 4.78 is 6.73. The molecule has 0 aliphatic heterocycles. The summed E-state index contributed by atoms with van der Waals surface area (Å²) in [7, 11) is 0. The molecule has 0 saturated carbocycles. The van der Waals surface area contributed by atoms with Crippen LogP contribution in [0.5, 0.6) is 5.75 Å². The van der Waals surface area contributed by atoms with Crippen molar-refractivity contribution in [3.05, 3.63) is 93.1 Å². The lowest BCUT2D eigenvalue weighted by Gasteiger charge is -2.19. The fraction of sp³-hybridized carbons (Fsp3) is 0.231. The van der Waals surface area contributed by atoms with Crippen molar-refractivity contribution in [1.82, 2.24) is 5.32 Å². The smallest absolute Gasteiger partial charge is 0.262 e. The number of carbonyl (C=O) groups is 2. The van der Waals surface area contributed by atoms with Gasteiger partial charge in [0.2, 0.25) is 0 Å². The fourth-order valence-corrected chi connectivity index (χ4v) is 3.41. The summed E-state index contributed by atoms with van der Waals surface area (Å²) >= 11 is 2.20. The second kappa shape index (κ2) is 10.6. The maximum atomic E-state index is 12.7. The lowest BCUT2D eigenvalue weighted by atomic mass is 9.87. The number of benzene rings is 3. The molecule has 2 amide bonds. The molecule has 0 atom stereocenters. The Kier molecular flexibility index (Phi) is 7.90. The maximum Gasteiger partial charge on any atom is 0.262 e. The van der Waals surface area contributed by atoms with Crippen molar-refractivity contribution in [3.63, 3.8) is 0 Å². The van der Waals surface area contributed by atoms with E-state index in [1.54, 1.807) is 24.3 Å². The van der Waals surface area contributed by atoms with Gasteiger partial charge in [-0.1, -0.05) is 57.2 Å². The average Bonchev–Trinajstić information content (AvgIpc) is 2.77. The zero-order valence-electron chi connectivity index (χ0n) is 18.4. The van der Waals surface area contributed by atoms with Crippen LogP contribution < -0.4 is 15.4 Å². The minimum Gasteiger partial charge on any atom is -0.483 e. The fourth-order valence-electron chi connectivity index (χ4n) is 3.05. The van der Waals surface area contributed by atoms with E-state index < -0.39 is 0 Å². The maximum absolute atomic E-state index is 12.7. The lowest BCUT2D eigenvalue weighted by molar-refractivity contribution is -0.118. The molecule has 0 fully saturated rings. The number of ether oxygens (including phenoxy) is 1. The Hall–Kier alpha value is -2.87. The van der Waals surface area contributed by atoms with Crippen molar-refractivity contribution < 1.29 is 14.3 Å². The van der Waals surface area contributed by atoms with Gasteiger partial charge >= 0.3 is 0 Å². The van der Waals surface area contributed by atoms with Crippen LogP contribution in [0.3, 0.4) is 0 Å². The van der Waals surface area contributed by atoms with Crippen molar-refractivity contribution >= 4 is 40.1 Å². The lowest BCUT2D eigenvalue weighted by Crippen LogP contribution is -2.25. The number of hydrogen-bond donors (Lipinski definition) is 2. The highest BCUT2D eigenvalue weighted by atomic mass is 127. The molecule has 0 unspecified atom stereocenters. The number of hydrogen-bond acceptors (Lipinski definition) is 3. The van der Waals surface area contributed by atoms with Gasteiger partial charge in [0.1, 0.15) is 5.75 Å². The number of para-hydroxylation sites is 1. The zero-order chi connectivity index (χ0) is 23.1. The summed E-state index contributed by atoms with van der Waals surface area (Å²) in [5, 5.41) is 5.71. The molecule has 32 heavy (non-hydrogen) atoms. The van der Waals surface area contributed by atoms with E-state index in [1.807, 2.05) is 36.4 Å². The van der Waals surface area contributed by atoms with Crippen LogP contribution in [-0.4, -0.2) is 18.4 Å². The van der Waals surface area contributed by atoms with Crippen molar-refractivity contribution in [2.24, 2.45) is 0 Å². The largest absolute Gasteiger partial charge is 0.483 e. The van der Waals surface area contributed by atoms with Gasteiger partial charge in [-0.25, -0.2) is 0 Å². The van der Waals surface area contributed by atoms with Gasteiger partial charge in [-0.2, -0.15) is 0 Å². The van der Waals surface area contributed by atoms with E-state index in [-0.39, 0.29) is 23.8 Å². The topological polar surface area (TPSA) is 67.4 Å². The van der Waals surface area contributed by atoms with Crippen LogP contribution in [0.4, 0.5) is 5.69 Å². The van der Waals surface area contributed by atoms with Gasteiger partial charge in [-0.3, -0.25) is 9.59 Å². The molecule has 166 valence electrons. The number of halogens is 1. The third-order valence-electron chi connectivity index (χ3n) is 4.89. The summed E-state index contributed by atoms with van der Waals surface area (Å²) in [5.41, 5.74) is 3.43. The Morgan fingerprint density at radius 2 is 1.56 bits per heavy atom. The second-order valence-electron chi connectivity index (χ2n) is 8.47. The van der Waals surface area contributed by atoms with Gasteiger partial charge in [0.25, 0.3) is 11.8 Å². The molecule has 0 bridgehead atoms. The van der Waals surface area contributed by atoms with E-state index in [0.29, 0.717) is 23.5 Å². The van der Waals surface area contributed by atoms with Crippen molar-refractivity contribution in [2.75, 3.05) is 11.9 Å². The Morgan fingerprint density at radius 3 is 2.22 bits per heavy atom. The van der Waals surface area contributed by atoms with E-state index >= 15 is 0 Å². The summed E-state index contributed by atoms with van der Waals surface area (Å²) in [4.78, 5) is 25.0. The Labute approximate surface area is 202 Å². The van der Waals surface area contributed by atoms with Crippen molar-refractivity contribution in [3.8, 4) is 5.75 Å². The van der Waals surface area contributed by atoms with E-state index in [2.05, 4.69) is 66.1 Å². The van der Waals surface area contributed by atoms with Crippen molar-refractivity contribution in [1.29, 1.82) is 0 Å². The van der Waals surface area contributed by atoms with Crippen molar-refractivity contribution in [2.45, 2.75) is 32.7 Å². The zero-order valence-corrected chi connectivity index (χ0v) is 20.6. The molecule has 5 nitrogen and oxygen atoms in total. The molecule has 0 aliphatic rings. The van der Waals surface area contributed by atoms with E-state index in [1.165, 1.54) is 5.56 Å². The van der Waals surface area contributed by atoms with Crippen LogP contribution in [0.1, 0.15) is 42.3 Å². The summed E-state index contributed by atoms with van der Waals surface area (Å²) in [6.07, 6.45) is 0. The Balaban J connectivity index is 1.57. The highest BCUT2D eigenvalue weighted by Crippen LogP contribution is 2.22. The molecule has 3 aromatic rings. The summed E-state index contributed by atoms with van der Waals surface area (Å²) in [6, 6.07) is 22.6. The molecule has 3 rings (SSSR count). The number of anilines is 1. The first-order valence-corrected chi connectivity index (χ1v) is 11.4. The first-order chi connectivity index (χ1) is 15.2. The molecular weight excluding hydrogens is 515 g/mol. The van der Waals surface area contributed by atoms with Crippen LogP contribution in [-0.2, 0) is 16.8 Å². The molecule has 2 N–H and O–H groups in total. The molecule has 0 aliphatic carbocycles. The quantitative estimate of drug-likeness (QED) is 0.386. The Bertz CT molecular complexity index is 1070. The van der Waals surface area contributed by atoms with E-state index in [0.717, 1.165) is 9.13 Å². The minimum absolute atomic E-state index is 0.0868. The standard InChI is InChI=1S/C26H27IN2O3/c1-26(2,3)19-10-8-18(9-11-19)16-28-25(31)22-6-4-5-7-23(22)32-17-24(30)29-21-14-12-20(27)13-15-21/h4-15H,16-17H2,1-3H3,(H,28,31)(H,29,30). The van der Waals surface area contributed by atoms with Crippen LogP contribution >= 0.6 is 22.6 Å². The van der Waals surface area contributed by atoms with Gasteiger partial charge in [-0.05, 0) is 75.5 Å². The van der Waals surface area contributed by atoms with Gasteiger partial charge in [0, 0.05) is 15.8 Å². The van der Waals surface area contributed by atoms with Crippen LogP contribution in [0, 0.1) is 3.57 Å². The van der Waals surface area contributed by atoms with Crippen LogP contribution in [0.15, 0.2) is 72.8 Å². The SMILES string of the molecule is CC(C)(C)c1ccc(CNC(=O)c2ccccc2OCC(=O)Nc2ccc(I)cc2)cc1. The first kappa shape index (κ1) is 23.8. The van der Waals surface area contributed by atoms with Gasteiger partial charge in [0.15, 0.2) is 6.61 Å². The highest BCUT2D eigenvalue weighted by molar-refractivity contribution is 14.1. The number of rotatable bonds is 7. The highest BCUT2D eigenvalue weighted by Gasteiger charge is 2.15. The number of carbonyl (C=O) groups excluding carboxylic acids is 2. The Morgan fingerprint density at radius 1 is 0.906 bits per heavy atom. The van der Waals surface area contributed by atoms with Crippen LogP contribution in [0.25, 0.3) is 0 Å². The van der Waals surface area contributed by atoms with Crippen LogP contribution in [0.2, 0.25) is 0 Å². The molecule has 0 aromatic heterocycles. The molecule has 0 heterocycles. The first-order valence-electron chi connectivity index (χ1n) is 10.4. The summed E-state index contributed by atoms with van der Waals surface area (Å²) in [5.74, 6) is -0.176. The average molecular weight is 542 g/mol. The molecular formula is C26H27IN2O3. The summed E-state index contributed by atoms with van der Waals surface area (Å²) in [6.45, 7) is 6.72. The molecule has 0 saturated heterocycles. The van der Waals surface area contributed by atoms with E-state index in [9.17, 15) is 9.59 Å².